The van der Waals surface area contributed by atoms with E-state index in [4.69, 9.17) is 9.47 Å². The Balaban J connectivity index is 1.74. The molecule has 2 aromatic rings. The van der Waals surface area contributed by atoms with Crippen molar-refractivity contribution < 1.29 is 23.5 Å². The predicted octanol–water partition coefficient (Wildman–Crippen LogP) is 4.22. The number of anilines is 2. The highest BCUT2D eigenvalue weighted by molar-refractivity contribution is 5.91. The molecule has 0 aliphatic carbocycles. The van der Waals surface area contributed by atoms with Crippen molar-refractivity contribution in [2.75, 3.05) is 30.5 Å². The molecular weight excluding hydrogens is 351 g/mol. The number of carbonyl (C=O) groups excluding carboxylic acids is 2. The number of nitrogens with one attached hydrogen (secondary N) is 1. The van der Waals surface area contributed by atoms with E-state index in [0.29, 0.717) is 36.8 Å². The third-order valence-electron chi connectivity index (χ3n) is 3.69. The van der Waals surface area contributed by atoms with Gasteiger partial charge in [-0.1, -0.05) is 6.07 Å². The van der Waals surface area contributed by atoms with Crippen LogP contribution in [0.3, 0.4) is 0 Å². The summed E-state index contributed by atoms with van der Waals surface area (Å²) in [5.74, 6) is -0.0663. The number of halogens is 1. The highest BCUT2D eigenvalue weighted by atomic mass is 19.1. The summed E-state index contributed by atoms with van der Waals surface area (Å²) in [6, 6.07) is 12.8. The first-order chi connectivity index (χ1) is 13.0. The van der Waals surface area contributed by atoms with E-state index in [1.807, 2.05) is 0 Å². The molecule has 0 aliphatic heterocycles. The van der Waals surface area contributed by atoms with Crippen molar-refractivity contribution in [3.63, 3.8) is 0 Å². The number of rotatable bonds is 8. The second kappa shape index (κ2) is 10.2. The average Bonchev–Trinajstić information content (AvgIpc) is 2.65. The zero-order valence-electron chi connectivity index (χ0n) is 15.4. The van der Waals surface area contributed by atoms with Crippen LogP contribution in [0.5, 0.6) is 5.75 Å². The Bertz CT molecular complexity index is 765. The summed E-state index contributed by atoms with van der Waals surface area (Å²) in [6.45, 7) is 2.37. The van der Waals surface area contributed by atoms with E-state index in [1.165, 1.54) is 17.0 Å². The molecule has 6 nitrogen and oxygen atoms in total. The van der Waals surface area contributed by atoms with Crippen LogP contribution in [0.4, 0.5) is 20.6 Å². The number of carbonyl (C=O) groups is 2. The molecule has 0 fully saturated rings. The number of hydrogen-bond acceptors (Lipinski definition) is 4. The Morgan fingerprint density at radius 1 is 1.15 bits per heavy atom. The Labute approximate surface area is 157 Å². The van der Waals surface area contributed by atoms with E-state index in [2.05, 4.69) is 5.32 Å². The molecule has 0 spiro atoms. The smallest absolute Gasteiger partial charge is 0.413 e. The zero-order chi connectivity index (χ0) is 19.6. The fourth-order valence-corrected chi connectivity index (χ4v) is 2.30. The highest BCUT2D eigenvalue weighted by Gasteiger charge is 2.11. The van der Waals surface area contributed by atoms with Gasteiger partial charge in [0.15, 0.2) is 0 Å². The minimum atomic E-state index is -0.437. The van der Waals surface area contributed by atoms with Gasteiger partial charge in [-0.15, -0.1) is 0 Å². The quantitative estimate of drug-likeness (QED) is 0.703. The maximum absolute atomic E-state index is 13.0. The number of ether oxygens (including phenoxy) is 2. The number of nitrogens with zero attached hydrogens (tertiary/aromatic N) is 1. The maximum Gasteiger partial charge on any atom is 0.413 e. The summed E-state index contributed by atoms with van der Waals surface area (Å²) in [7, 11) is 1.62. The van der Waals surface area contributed by atoms with Crippen LogP contribution in [0.1, 0.15) is 19.8 Å². The van der Waals surface area contributed by atoms with Crippen molar-refractivity contribution >= 4 is 23.4 Å². The Hall–Kier alpha value is -3.09. The summed E-state index contributed by atoms with van der Waals surface area (Å²) < 4.78 is 23.4. The van der Waals surface area contributed by atoms with Crippen LogP contribution in [-0.4, -0.2) is 32.3 Å². The van der Waals surface area contributed by atoms with Gasteiger partial charge in [-0.3, -0.25) is 9.69 Å². The van der Waals surface area contributed by atoms with Gasteiger partial charge in [-0.25, -0.2) is 9.18 Å². The highest BCUT2D eigenvalue weighted by Crippen LogP contribution is 2.18. The van der Waals surface area contributed by atoms with Gasteiger partial charge in [-0.2, -0.15) is 0 Å². The molecule has 0 saturated carbocycles. The first-order valence-corrected chi connectivity index (χ1v) is 8.68. The van der Waals surface area contributed by atoms with E-state index in [9.17, 15) is 14.0 Å². The molecule has 0 bridgehead atoms. The second-order valence-electron chi connectivity index (χ2n) is 5.76. The summed E-state index contributed by atoms with van der Waals surface area (Å²) in [5, 5.41) is 2.78. The lowest BCUT2D eigenvalue weighted by Gasteiger charge is -2.17. The Morgan fingerprint density at radius 3 is 2.56 bits per heavy atom. The van der Waals surface area contributed by atoms with Crippen molar-refractivity contribution in [1.82, 2.24) is 0 Å². The Morgan fingerprint density at radius 2 is 1.89 bits per heavy atom. The van der Waals surface area contributed by atoms with Gasteiger partial charge in [0.2, 0.25) is 5.91 Å². The van der Waals surface area contributed by atoms with Gasteiger partial charge in [0, 0.05) is 30.9 Å². The Kier molecular flexibility index (Phi) is 7.61. The van der Waals surface area contributed by atoms with Crippen LogP contribution >= 0.6 is 0 Å². The van der Waals surface area contributed by atoms with Crippen LogP contribution < -0.4 is 15.0 Å². The molecule has 1 N–H and O–H groups in total. The zero-order valence-corrected chi connectivity index (χ0v) is 15.4. The first kappa shape index (κ1) is 20.2. The van der Waals surface area contributed by atoms with Gasteiger partial charge >= 0.3 is 6.09 Å². The molecule has 0 saturated heterocycles. The number of benzene rings is 2. The minimum absolute atomic E-state index is 0.149. The van der Waals surface area contributed by atoms with Crippen LogP contribution in [0.2, 0.25) is 0 Å². The summed E-state index contributed by atoms with van der Waals surface area (Å²) in [4.78, 5) is 25.0. The molecule has 27 heavy (non-hydrogen) atoms. The van der Waals surface area contributed by atoms with Crippen molar-refractivity contribution in [2.24, 2.45) is 0 Å². The molecule has 2 aromatic carbocycles. The molecular formula is C20H23FN2O4. The maximum atomic E-state index is 13.0. The fourth-order valence-electron chi connectivity index (χ4n) is 2.30. The number of hydrogen-bond donors (Lipinski definition) is 1. The first-order valence-electron chi connectivity index (χ1n) is 8.68. The topological polar surface area (TPSA) is 67.9 Å². The molecule has 0 heterocycles. The molecule has 2 rings (SSSR count). The van der Waals surface area contributed by atoms with E-state index < -0.39 is 6.09 Å². The lowest BCUT2D eigenvalue weighted by molar-refractivity contribution is -0.116. The van der Waals surface area contributed by atoms with Crippen LogP contribution in [-0.2, 0) is 9.53 Å². The van der Waals surface area contributed by atoms with Crippen molar-refractivity contribution in [1.29, 1.82) is 0 Å². The molecule has 2 amide bonds. The molecule has 0 radical (unpaired) electrons. The number of amides is 2. The second-order valence-corrected chi connectivity index (χ2v) is 5.76. The molecule has 0 atom stereocenters. The van der Waals surface area contributed by atoms with Gasteiger partial charge in [-0.05, 0) is 49.7 Å². The minimum Gasteiger partial charge on any atom is -0.493 e. The van der Waals surface area contributed by atoms with Crippen molar-refractivity contribution in [3.05, 3.63) is 54.3 Å². The van der Waals surface area contributed by atoms with Crippen molar-refractivity contribution in [3.8, 4) is 5.75 Å². The average molecular weight is 374 g/mol. The molecule has 144 valence electrons. The van der Waals surface area contributed by atoms with E-state index in [0.717, 1.165) is 0 Å². The summed E-state index contributed by atoms with van der Waals surface area (Å²) in [6.07, 6.45) is 0.346. The monoisotopic (exact) mass is 374 g/mol. The summed E-state index contributed by atoms with van der Waals surface area (Å²) in [5.41, 5.74) is 1.29. The fraction of sp³-hybridized carbons (Fsp3) is 0.300. The molecule has 0 unspecified atom stereocenters. The van der Waals surface area contributed by atoms with Gasteiger partial charge in [0.1, 0.15) is 11.6 Å². The summed E-state index contributed by atoms with van der Waals surface area (Å²) >= 11 is 0. The van der Waals surface area contributed by atoms with Gasteiger partial charge in [0.05, 0.1) is 13.2 Å². The van der Waals surface area contributed by atoms with E-state index in [-0.39, 0.29) is 18.1 Å². The largest absolute Gasteiger partial charge is 0.493 e. The van der Waals surface area contributed by atoms with Gasteiger partial charge in [0.25, 0.3) is 0 Å². The van der Waals surface area contributed by atoms with E-state index >= 15 is 0 Å². The van der Waals surface area contributed by atoms with Crippen molar-refractivity contribution in [2.45, 2.75) is 19.8 Å². The van der Waals surface area contributed by atoms with Gasteiger partial charge < -0.3 is 14.8 Å². The van der Waals surface area contributed by atoms with Crippen LogP contribution in [0, 0.1) is 5.82 Å². The molecule has 7 heteroatoms. The van der Waals surface area contributed by atoms with Crippen LogP contribution in [0.15, 0.2) is 48.5 Å². The van der Waals surface area contributed by atoms with Crippen LogP contribution in [0.25, 0.3) is 0 Å². The molecule has 0 aliphatic rings. The predicted molar refractivity (Wildman–Crippen MR) is 102 cm³/mol. The third kappa shape index (κ3) is 6.62. The SMILES string of the molecule is CCOC(=O)N(C)c1ccc(NC(=O)CCCOc2cccc(F)c2)cc1. The lowest BCUT2D eigenvalue weighted by atomic mass is 10.2. The molecule has 0 aromatic heterocycles. The third-order valence-corrected chi connectivity index (χ3v) is 3.69. The standard InChI is InChI=1S/C20H23FN2O4/c1-3-26-20(25)23(2)17-11-9-16(10-12-17)22-19(24)8-5-13-27-18-7-4-6-15(21)14-18/h4,6-7,9-12,14H,3,5,8,13H2,1-2H3,(H,22,24). The lowest BCUT2D eigenvalue weighted by Crippen LogP contribution is -2.26. The normalized spacial score (nSPS) is 10.2. The van der Waals surface area contributed by atoms with E-state index in [1.54, 1.807) is 50.4 Å².